The van der Waals surface area contributed by atoms with Gasteiger partial charge in [0.1, 0.15) is 12.4 Å². The number of para-hydroxylation sites is 1. The summed E-state index contributed by atoms with van der Waals surface area (Å²) in [4.78, 5) is 11.0. The molecular formula is C14H16N4O3. The summed E-state index contributed by atoms with van der Waals surface area (Å²) in [6.07, 6.45) is 0.656. The number of benzene rings is 1. The van der Waals surface area contributed by atoms with Gasteiger partial charge in [-0.2, -0.15) is 0 Å². The number of aliphatic carboxylic acids is 1. The molecule has 1 N–H and O–H groups in total. The first-order valence-corrected chi connectivity index (χ1v) is 6.92. The van der Waals surface area contributed by atoms with Gasteiger partial charge in [0, 0.05) is 5.56 Å². The molecule has 110 valence electrons. The standard InChI is InChI=1S/C14H16N4O3/c1-2-9(7-13(19)20)18-14(15-16-17-18)11-8-21-12-6-4-3-5-10(11)12/h3-6,9,11H,2,7-8H2,1H3,(H,19,20). The van der Waals surface area contributed by atoms with Crippen molar-refractivity contribution in [2.75, 3.05) is 6.61 Å². The molecule has 2 unspecified atom stereocenters. The van der Waals surface area contributed by atoms with Gasteiger partial charge in [0.25, 0.3) is 0 Å². The van der Waals surface area contributed by atoms with Crippen LogP contribution < -0.4 is 4.74 Å². The van der Waals surface area contributed by atoms with Crippen LogP contribution in [0.15, 0.2) is 24.3 Å². The molecule has 0 saturated heterocycles. The molecule has 2 atom stereocenters. The van der Waals surface area contributed by atoms with Crippen molar-refractivity contribution in [3.8, 4) is 5.75 Å². The zero-order chi connectivity index (χ0) is 14.8. The van der Waals surface area contributed by atoms with Gasteiger partial charge in [-0.3, -0.25) is 4.79 Å². The Labute approximate surface area is 121 Å². The third kappa shape index (κ3) is 2.46. The molecule has 1 aliphatic heterocycles. The van der Waals surface area contributed by atoms with Crippen LogP contribution in [0.2, 0.25) is 0 Å². The van der Waals surface area contributed by atoms with Gasteiger partial charge < -0.3 is 9.84 Å². The fourth-order valence-corrected chi connectivity index (χ4v) is 2.67. The second-order valence-corrected chi connectivity index (χ2v) is 5.04. The number of tetrazole rings is 1. The minimum atomic E-state index is -0.855. The van der Waals surface area contributed by atoms with Gasteiger partial charge in [-0.15, -0.1) is 5.10 Å². The number of nitrogens with zero attached hydrogens (tertiary/aromatic N) is 4. The van der Waals surface area contributed by atoms with E-state index >= 15 is 0 Å². The van der Waals surface area contributed by atoms with E-state index in [0.29, 0.717) is 18.9 Å². The topological polar surface area (TPSA) is 90.1 Å². The molecule has 21 heavy (non-hydrogen) atoms. The lowest BCUT2D eigenvalue weighted by atomic mass is 10.00. The van der Waals surface area contributed by atoms with Crippen molar-refractivity contribution in [1.29, 1.82) is 0 Å². The van der Waals surface area contributed by atoms with E-state index in [1.54, 1.807) is 4.68 Å². The zero-order valence-corrected chi connectivity index (χ0v) is 11.6. The highest BCUT2D eigenvalue weighted by Crippen LogP contribution is 2.37. The summed E-state index contributed by atoms with van der Waals surface area (Å²) in [5, 5.41) is 20.8. The third-order valence-corrected chi connectivity index (χ3v) is 3.76. The molecule has 0 aliphatic carbocycles. The predicted molar refractivity (Wildman–Crippen MR) is 73.2 cm³/mol. The van der Waals surface area contributed by atoms with Gasteiger partial charge in [-0.05, 0) is 22.9 Å². The molecule has 1 aliphatic rings. The largest absolute Gasteiger partial charge is 0.492 e. The van der Waals surface area contributed by atoms with E-state index in [2.05, 4.69) is 15.5 Å². The van der Waals surface area contributed by atoms with E-state index in [1.165, 1.54) is 0 Å². The summed E-state index contributed by atoms with van der Waals surface area (Å²) in [6.45, 7) is 2.40. The van der Waals surface area contributed by atoms with E-state index < -0.39 is 5.97 Å². The Kier molecular flexibility index (Phi) is 3.55. The molecule has 0 radical (unpaired) electrons. The number of fused-ring (bicyclic) bond motifs is 1. The molecular weight excluding hydrogens is 272 g/mol. The Morgan fingerprint density at radius 3 is 3.10 bits per heavy atom. The van der Waals surface area contributed by atoms with Crippen LogP contribution in [0.5, 0.6) is 5.75 Å². The van der Waals surface area contributed by atoms with Crippen molar-refractivity contribution in [2.45, 2.75) is 31.7 Å². The number of carboxylic acids is 1. The molecule has 7 nitrogen and oxygen atoms in total. The molecule has 1 aromatic heterocycles. The van der Waals surface area contributed by atoms with Crippen molar-refractivity contribution in [3.63, 3.8) is 0 Å². The van der Waals surface area contributed by atoms with Gasteiger partial charge in [0.2, 0.25) is 0 Å². The lowest BCUT2D eigenvalue weighted by Gasteiger charge is -2.16. The summed E-state index contributed by atoms with van der Waals surface area (Å²) < 4.78 is 7.29. The van der Waals surface area contributed by atoms with Gasteiger partial charge in [-0.25, -0.2) is 4.68 Å². The second kappa shape index (κ2) is 5.51. The highest BCUT2D eigenvalue weighted by atomic mass is 16.5. The number of ether oxygens (including phenoxy) is 1. The summed E-state index contributed by atoms with van der Waals surface area (Å²) in [7, 11) is 0. The highest BCUT2D eigenvalue weighted by Gasteiger charge is 2.31. The molecule has 2 aromatic rings. The number of carboxylic acid groups (broad SMARTS) is 1. The summed E-state index contributed by atoms with van der Waals surface area (Å²) in [6, 6.07) is 7.52. The Bertz CT molecular complexity index is 655. The molecule has 2 heterocycles. The van der Waals surface area contributed by atoms with Gasteiger partial charge in [0.15, 0.2) is 5.82 Å². The Balaban J connectivity index is 1.95. The van der Waals surface area contributed by atoms with Crippen molar-refractivity contribution in [2.24, 2.45) is 0 Å². The first-order chi connectivity index (χ1) is 10.2. The molecule has 1 aromatic carbocycles. The van der Waals surface area contributed by atoms with Crippen LogP contribution in [0.4, 0.5) is 0 Å². The monoisotopic (exact) mass is 288 g/mol. The van der Waals surface area contributed by atoms with E-state index in [4.69, 9.17) is 9.84 Å². The lowest BCUT2D eigenvalue weighted by molar-refractivity contribution is -0.138. The predicted octanol–water partition coefficient (Wildman–Crippen LogP) is 1.62. The van der Waals surface area contributed by atoms with Crippen LogP contribution in [0, 0.1) is 0 Å². The van der Waals surface area contributed by atoms with Crippen LogP contribution >= 0.6 is 0 Å². The van der Waals surface area contributed by atoms with E-state index in [0.717, 1.165) is 11.3 Å². The van der Waals surface area contributed by atoms with Crippen molar-refractivity contribution in [1.82, 2.24) is 20.2 Å². The van der Waals surface area contributed by atoms with E-state index in [9.17, 15) is 4.79 Å². The van der Waals surface area contributed by atoms with Crippen LogP contribution in [0.25, 0.3) is 0 Å². The maximum atomic E-state index is 11.0. The fraction of sp³-hybridized carbons (Fsp3) is 0.429. The van der Waals surface area contributed by atoms with Gasteiger partial charge in [0.05, 0.1) is 18.4 Å². The number of carbonyl (C=O) groups is 1. The maximum absolute atomic E-state index is 11.0. The number of hydrogen-bond donors (Lipinski definition) is 1. The number of hydrogen-bond acceptors (Lipinski definition) is 5. The Hall–Kier alpha value is -2.44. The second-order valence-electron chi connectivity index (χ2n) is 5.04. The maximum Gasteiger partial charge on any atom is 0.305 e. The Morgan fingerprint density at radius 1 is 1.52 bits per heavy atom. The average Bonchev–Trinajstić information content (AvgIpc) is 3.10. The van der Waals surface area contributed by atoms with Crippen LogP contribution in [-0.2, 0) is 4.79 Å². The fourth-order valence-electron chi connectivity index (χ4n) is 2.67. The molecule has 0 bridgehead atoms. The van der Waals surface area contributed by atoms with Gasteiger partial charge in [-0.1, -0.05) is 25.1 Å². The number of rotatable bonds is 5. The van der Waals surface area contributed by atoms with E-state index in [1.807, 2.05) is 31.2 Å². The lowest BCUT2D eigenvalue weighted by Crippen LogP contribution is -2.20. The molecule has 3 rings (SSSR count). The molecule has 0 saturated carbocycles. The number of aromatic nitrogens is 4. The average molecular weight is 288 g/mol. The first kappa shape index (κ1) is 13.5. The Morgan fingerprint density at radius 2 is 2.33 bits per heavy atom. The van der Waals surface area contributed by atoms with Crippen molar-refractivity contribution < 1.29 is 14.6 Å². The molecule has 0 spiro atoms. The summed E-state index contributed by atoms with van der Waals surface area (Å²) in [5.74, 6) is 0.585. The minimum Gasteiger partial charge on any atom is -0.492 e. The minimum absolute atomic E-state index is 0.00373. The van der Waals surface area contributed by atoms with Crippen molar-refractivity contribution >= 4 is 5.97 Å². The van der Waals surface area contributed by atoms with Crippen molar-refractivity contribution in [3.05, 3.63) is 35.7 Å². The van der Waals surface area contributed by atoms with E-state index in [-0.39, 0.29) is 18.4 Å². The highest BCUT2D eigenvalue weighted by molar-refractivity contribution is 5.67. The smallest absolute Gasteiger partial charge is 0.305 e. The summed E-state index contributed by atoms with van der Waals surface area (Å²) >= 11 is 0. The molecule has 0 amide bonds. The molecule has 7 heteroatoms. The third-order valence-electron chi connectivity index (χ3n) is 3.76. The van der Waals surface area contributed by atoms with Gasteiger partial charge >= 0.3 is 5.97 Å². The normalized spacial score (nSPS) is 18.0. The van der Waals surface area contributed by atoms with Crippen LogP contribution in [0.1, 0.15) is 43.1 Å². The quantitative estimate of drug-likeness (QED) is 0.899. The van der Waals surface area contributed by atoms with Crippen LogP contribution in [-0.4, -0.2) is 37.9 Å². The van der Waals surface area contributed by atoms with Crippen LogP contribution in [0.3, 0.4) is 0 Å². The first-order valence-electron chi connectivity index (χ1n) is 6.92. The molecule has 0 fully saturated rings. The zero-order valence-electron chi connectivity index (χ0n) is 11.6. The SMILES string of the molecule is CCC(CC(=O)O)n1nnnc1C1COc2ccccc21. The summed E-state index contributed by atoms with van der Waals surface area (Å²) in [5.41, 5.74) is 1.04.